The molecule has 66 heavy (non-hydrogen) atoms. The summed E-state index contributed by atoms with van der Waals surface area (Å²) >= 11 is 0. The van der Waals surface area contributed by atoms with Crippen LogP contribution in [0.25, 0.3) is 0 Å². The second-order valence-corrected chi connectivity index (χ2v) is 21.8. The molecule has 0 aromatic heterocycles. The topological polar surface area (TPSA) is 78.9 Å². The van der Waals surface area contributed by atoms with Crippen molar-refractivity contribution in [2.45, 2.75) is 337 Å². The normalized spacial score (nSPS) is 12.5. The molecule has 0 N–H and O–H groups in total. The minimum Gasteiger partial charge on any atom is -0.462 e. The van der Waals surface area contributed by atoms with E-state index in [1.807, 2.05) is 0 Å². The number of carbonyl (C=O) groups excluding carboxylic acids is 3. The van der Waals surface area contributed by atoms with Gasteiger partial charge in [-0.1, -0.05) is 292 Å². The summed E-state index contributed by atoms with van der Waals surface area (Å²) < 4.78 is 16.9. The van der Waals surface area contributed by atoms with Crippen molar-refractivity contribution in [1.82, 2.24) is 0 Å². The largest absolute Gasteiger partial charge is 0.462 e. The van der Waals surface area contributed by atoms with Crippen LogP contribution in [-0.2, 0) is 28.6 Å². The third-order valence-corrected chi connectivity index (χ3v) is 14.0. The molecular formula is C60H116O6. The van der Waals surface area contributed by atoms with Crippen molar-refractivity contribution in [2.24, 2.45) is 17.8 Å². The van der Waals surface area contributed by atoms with Crippen molar-refractivity contribution < 1.29 is 28.6 Å². The summed E-state index contributed by atoms with van der Waals surface area (Å²) in [6.07, 6.45) is 53.9. The van der Waals surface area contributed by atoms with Gasteiger partial charge in [-0.2, -0.15) is 0 Å². The van der Waals surface area contributed by atoms with Gasteiger partial charge in [0.15, 0.2) is 6.10 Å². The van der Waals surface area contributed by atoms with Gasteiger partial charge in [-0.15, -0.1) is 0 Å². The van der Waals surface area contributed by atoms with Crippen LogP contribution in [0.1, 0.15) is 330 Å². The molecule has 6 heteroatoms. The van der Waals surface area contributed by atoms with Crippen LogP contribution in [0.5, 0.6) is 0 Å². The van der Waals surface area contributed by atoms with Crippen LogP contribution >= 0.6 is 0 Å². The van der Waals surface area contributed by atoms with Crippen molar-refractivity contribution in [3.63, 3.8) is 0 Å². The number of unbranched alkanes of at least 4 members (excludes halogenated alkanes) is 35. The van der Waals surface area contributed by atoms with Crippen molar-refractivity contribution in [3.05, 3.63) is 0 Å². The predicted molar refractivity (Wildman–Crippen MR) is 284 cm³/mol. The average Bonchev–Trinajstić information content (AvgIpc) is 3.29. The molecule has 2 atom stereocenters. The van der Waals surface area contributed by atoms with Crippen LogP contribution in [-0.4, -0.2) is 37.2 Å². The fourth-order valence-electron chi connectivity index (χ4n) is 9.14. The van der Waals surface area contributed by atoms with Gasteiger partial charge in [-0.3, -0.25) is 14.4 Å². The van der Waals surface area contributed by atoms with E-state index in [0.717, 1.165) is 75.5 Å². The van der Waals surface area contributed by atoms with Crippen molar-refractivity contribution in [3.8, 4) is 0 Å². The van der Waals surface area contributed by atoms with E-state index in [0.29, 0.717) is 19.3 Å². The Morgan fingerprint density at radius 2 is 0.530 bits per heavy atom. The van der Waals surface area contributed by atoms with E-state index >= 15 is 0 Å². The van der Waals surface area contributed by atoms with Gasteiger partial charge in [0.1, 0.15) is 13.2 Å². The summed E-state index contributed by atoms with van der Waals surface area (Å²) in [5.74, 6) is 1.69. The van der Waals surface area contributed by atoms with E-state index in [1.165, 1.54) is 212 Å². The lowest BCUT2D eigenvalue weighted by atomic mass is 9.99. The highest BCUT2D eigenvalue weighted by Crippen LogP contribution is 2.19. The Kier molecular flexibility index (Phi) is 50.0. The molecule has 1 unspecified atom stereocenters. The molecule has 0 aliphatic carbocycles. The fourth-order valence-corrected chi connectivity index (χ4v) is 9.14. The minimum atomic E-state index is -0.764. The van der Waals surface area contributed by atoms with E-state index in [4.69, 9.17) is 14.2 Å². The minimum absolute atomic E-state index is 0.0639. The second-order valence-electron chi connectivity index (χ2n) is 21.8. The number of esters is 3. The summed E-state index contributed by atoms with van der Waals surface area (Å²) in [4.78, 5) is 38.1. The monoisotopic (exact) mass is 933 g/mol. The summed E-state index contributed by atoms with van der Waals surface area (Å²) in [5, 5.41) is 0. The molecule has 0 amide bonds. The van der Waals surface area contributed by atoms with Crippen LogP contribution in [0.4, 0.5) is 0 Å². The first-order valence-electron chi connectivity index (χ1n) is 29.6. The maximum Gasteiger partial charge on any atom is 0.306 e. The quantitative estimate of drug-likeness (QED) is 0.0343. The van der Waals surface area contributed by atoms with Gasteiger partial charge in [-0.05, 0) is 37.0 Å². The molecule has 0 aromatic carbocycles. The zero-order valence-electron chi connectivity index (χ0n) is 45.5. The molecular weight excluding hydrogens is 817 g/mol. The zero-order valence-corrected chi connectivity index (χ0v) is 45.5. The Balaban J connectivity index is 4.23. The molecule has 0 radical (unpaired) electrons. The van der Waals surface area contributed by atoms with Crippen molar-refractivity contribution in [2.75, 3.05) is 13.2 Å². The lowest BCUT2D eigenvalue weighted by Gasteiger charge is -2.18. The van der Waals surface area contributed by atoms with E-state index in [2.05, 4.69) is 41.5 Å². The lowest BCUT2D eigenvalue weighted by molar-refractivity contribution is -0.167. The fraction of sp³-hybridized carbons (Fsp3) is 0.950. The second kappa shape index (κ2) is 51.3. The first-order valence-corrected chi connectivity index (χ1v) is 29.6. The van der Waals surface area contributed by atoms with Crippen molar-refractivity contribution in [1.29, 1.82) is 0 Å². The third kappa shape index (κ3) is 51.8. The van der Waals surface area contributed by atoms with Crippen molar-refractivity contribution >= 4 is 17.9 Å². The van der Waals surface area contributed by atoms with Gasteiger partial charge in [0.2, 0.25) is 0 Å². The van der Waals surface area contributed by atoms with Gasteiger partial charge < -0.3 is 14.2 Å². The van der Waals surface area contributed by atoms with Gasteiger partial charge in [0, 0.05) is 19.3 Å². The zero-order chi connectivity index (χ0) is 48.4. The molecule has 0 fully saturated rings. The molecule has 0 bridgehead atoms. The lowest BCUT2D eigenvalue weighted by Crippen LogP contribution is -2.30. The van der Waals surface area contributed by atoms with Crippen LogP contribution < -0.4 is 0 Å². The Morgan fingerprint density at radius 3 is 0.788 bits per heavy atom. The average molecular weight is 934 g/mol. The molecule has 0 saturated carbocycles. The maximum atomic E-state index is 12.9. The Labute approximate surface area is 412 Å². The SMILES string of the molecule is CCC(C)CCCCCCCCCCCCCCCCCCCCC(=O)O[C@@H](COC(=O)CCCCCCCCCCCCCCC(C)C)COC(=O)CCCCCCCCCCC(C)C. The van der Waals surface area contributed by atoms with Crippen LogP contribution in [0.15, 0.2) is 0 Å². The molecule has 0 saturated heterocycles. The van der Waals surface area contributed by atoms with Crippen LogP contribution in [0.3, 0.4) is 0 Å². The van der Waals surface area contributed by atoms with Gasteiger partial charge in [0.25, 0.3) is 0 Å². The molecule has 0 heterocycles. The highest BCUT2D eigenvalue weighted by atomic mass is 16.6. The van der Waals surface area contributed by atoms with Gasteiger partial charge in [-0.25, -0.2) is 0 Å². The molecule has 0 aliphatic rings. The highest BCUT2D eigenvalue weighted by molar-refractivity contribution is 5.71. The Bertz CT molecular complexity index is 1020. The van der Waals surface area contributed by atoms with E-state index in [9.17, 15) is 14.4 Å². The first-order chi connectivity index (χ1) is 32.1. The van der Waals surface area contributed by atoms with E-state index < -0.39 is 6.10 Å². The number of hydrogen-bond donors (Lipinski definition) is 0. The third-order valence-electron chi connectivity index (χ3n) is 14.0. The number of carbonyl (C=O) groups is 3. The van der Waals surface area contributed by atoms with Crippen LogP contribution in [0.2, 0.25) is 0 Å². The standard InChI is InChI=1S/C60H116O6/c1-7-56(6)48-42-36-30-23-19-14-12-10-8-9-11-13-15-21-25-33-39-45-51-60(63)66-57(53-65-59(62)50-44-38-32-27-26-29-35-41-47-55(4)5)52-64-58(61)49-43-37-31-24-20-17-16-18-22-28-34-40-46-54(2)3/h54-57H,7-53H2,1-6H3/t56?,57-/m0/s1. The summed E-state index contributed by atoms with van der Waals surface area (Å²) in [6.45, 7) is 13.8. The number of ether oxygens (including phenoxy) is 3. The van der Waals surface area contributed by atoms with E-state index in [1.54, 1.807) is 0 Å². The number of rotatable bonds is 53. The highest BCUT2D eigenvalue weighted by Gasteiger charge is 2.19. The molecule has 0 aromatic rings. The number of hydrogen-bond acceptors (Lipinski definition) is 6. The maximum absolute atomic E-state index is 12.9. The summed E-state index contributed by atoms with van der Waals surface area (Å²) in [5.41, 5.74) is 0. The summed E-state index contributed by atoms with van der Waals surface area (Å²) in [6, 6.07) is 0. The predicted octanol–water partition coefficient (Wildman–Crippen LogP) is 19.5. The molecule has 6 nitrogen and oxygen atoms in total. The molecule has 0 aliphatic heterocycles. The summed E-state index contributed by atoms with van der Waals surface area (Å²) in [7, 11) is 0. The van der Waals surface area contributed by atoms with Gasteiger partial charge >= 0.3 is 17.9 Å². The first kappa shape index (κ1) is 64.4. The van der Waals surface area contributed by atoms with Gasteiger partial charge in [0.05, 0.1) is 0 Å². The van der Waals surface area contributed by atoms with E-state index in [-0.39, 0.29) is 31.1 Å². The Morgan fingerprint density at radius 1 is 0.303 bits per heavy atom. The smallest absolute Gasteiger partial charge is 0.306 e. The molecule has 0 rings (SSSR count). The Hall–Kier alpha value is -1.59. The molecule has 0 spiro atoms. The molecule has 392 valence electrons. The van der Waals surface area contributed by atoms with Crippen LogP contribution in [0, 0.1) is 17.8 Å².